The van der Waals surface area contributed by atoms with Gasteiger partial charge in [-0.25, -0.2) is 5.01 Å². The maximum Gasteiger partial charge on any atom is 0.215 e. The molecule has 3 heterocycles. The van der Waals surface area contributed by atoms with Gasteiger partial charge in [-0.05, 0) is 29.8 Å². The Morgan fingerprint density at radius 1 is 1.11 bits per heavy atom. The molecule has 2 aromatic carbocycles. The quantitative estimate of drug-likeness (QED) is 0.631. The van der Waals surface area contributed by atoms with Crippen LogP contribution in [0.4, 0.5) is 0 Å². The van der Waals surface area contributed by atoms with E-state index in [-0.39, 0.29) is 12.3 Å². The molecule has 140 valence electrons. The van der Waals surface area contributed by atoms with E-state index in [0.29, 0.717) is 5.02 Å². The number of ether oxygens (including phenoxy) is 2. The van der Waals surface area contributed by atoms with Crippen molar-refractivity contribution in [2.24, 2.45) is 5.10 Å². The Hall–Kier alpha value is -3.05. The van der Waals surface area contributed by atoms with E-state index in [9.17, 15) is 0 Å². The lowest BCUT2D eigenvalue weighted by Gasteiger charge is -2.38. The Morgan fingerprint density at radius 2 is 1.96 bits per heavy atom. The molecular weight excluding hydrogens is 374 g/mol. The first-order valence-corrected chi connectivity index (χ1v) is 9.47. The van der Waals surface area contributed by atoms with Crippen LogP contribution in [0.25, 0.3) is 0 Å². The maximum absolute atomic E-state index is 6.39. The molecule has 5 rings (SSSR count). The van der Waals surface area contributed by atoms with E-state index in [1.165, 1.54) is 0 Å². The Morgan fingerprint density at radius 3 is 2.71 bits per heavy atom. The number of benzene rings is 2. The lowest BCUT2D eigenvalue weighted by atomic mass is 9.95. The molecule has 5 nitrogen and oxygen atoms in total. The van der Waals surface area contributed by atoms with Crippen molar-refractivity contribution in [3.63, 3.8) is 0 Å². The van der Waals surface area contributed by atoms with Crippen LogP contribution in [0.15, 0.2) is 72.1 Å². The highest BCUT2D eigenvalue weighted by atomic mass is 35.5. The van der Waals surface area contributed by atoms with Gasteiger partial charge in [0.1, 0.15) is 0 Å². The number of aromatic nitrogens is 1. The predicted molar refractivity (Wildman–Crippen MR) is 108 cm³/mol. The summed E-state index contributed by atoms with van der Waals surface area (Å²) in [5, 5.41) is 7.68. The number of rotatable bonds is 3. The second-order valence-corrected chi connectivity index (χ2v) is 7.23. The van der Waals surface area contributed by atoms with Gasteiger partial charge < -0.3 is 9.47 Å². The molecule has 0 bridgehead atoms. The summed E-state index contributed by atoms with van der Waals surface area (Å²) in [6.45, 7) is 0. The third-order valence-corrected chi connectivity index (χ3v) is 5.40. The lowest BCUT2D eigenvalue weighted by Crippen LogP contribution is -2.33. The lowest BCUT2D eigenvalue weighted by molar-refractivity contribution is -0.0211. The normalized spacial score (nSPS) is 20.1. The van der Waals surface area contributed by atoms with Crippen LogP contribution in [0.3, 0.4) is 0 Å². The first-order chi connectivity index (χ1) is 13.7. The van der Waals surface area contributed by atoms with Crippen LogP contribution in [-0.4, -0.2) is 22.8 Å². The first-order valence-electron chi connectivity index (χ1n) is 9.10. The first kappa shape index (κ1) is 17.1. The highest BCUT2D eigenvalue weighted by Gasteiger charge is 2.42. The minimum Gasteiger partial charge on any atom is -0.493 e. The molecule has 0 amide bonds. The summed E-state index contributed by atoms with van der Waals surface area (Å²) >= 11 is 6.05. The summed E-state index contributed by atoms with van der Waals surface area (Å²) in [6, 6.07) is 17.8. The zero-order valence-electron chi connectivity index (χ0n) is 15.2. The summed E-state index contributed by atoms with van der Waals surface area (Å²) in [6.07, 6.45) is 3.98. The van der Waals surface area contributed by atoms with Crippen molar-refractivity contribution >= 4 is 17.3 Å². The number of methoxy groups -OCH3 is 1. The summed E-state index contributed by atoms with van der Waals surface area (Å²) in [4.78, 5) is 4.26. The van der Waals surface area contributed by atoms with Crippen LogP contribution >= 0.6 is 11.6 Å². The van der Waals surface area contributed by atoms with Gasteiger partial charge in [0.2, 0.25) is 6.23 Å². The molecule has 0 N–H and O–H groups in total. The van der Waals surface area contributed by atoms with Crippen LogP contribution < -0.4 is 9.47 Å². The summed E-state index contributed by atoms with van der Waals surface area (Å²) < 4.78 is 11.9. The van der Waals surface area contributed by atoms with E-state index in [4.69, 9.17) is 26.2 Å². The van der Waals surface area contributed by atoms with Crippen molar-refractivity contribution in [1.82, 2.24) is 9.99 Å². The highest BCUT2D eigenvalue weighted by Crippen LogP contribution is 2.50. The third-order valence-electron chi connectivity index (χ3n) is 5.15. The fraction of sp³-hybridized carbons (Fsp3) is 0.182. The molecule has 1 aromatic heterocycles. The number of halogens is 1. The predicted octanol–water partition coefficient (Wildman–Crippen LogP) is 4.99. The van der Waals surface area contributed by atoms with Gasteiger partial charge in [0.25, 0.3) is 0 Å². The molecule has 2 atom stereocenters. The van der Waals surface area contributed by atoms with E-state index < -0.39 is 0 Å². The topological polar surface area (TPSA) is 47.0 Å². The molecule has 3 aromatic rings. The van der Waals surface area contributed by atoms with Crippen molar-refractivity contribution in [2.45, 2.75) is 18.7 Å². The van der Waals surface area contributed by atoms with E-state index in [1.807, 2.05) is 59.7 Å². The van der Waals surface area contributed by atoms with E-state index in [2.05, 4.69) is 11.1 Å². The van der Waals surface area contributed by atoms with Crippen LogP contribution in [0.5, 0.6) is 11.5 Å². The zero-order chi connectivity index (χ0) is 19.1. The molecule has 0 saturated carbocycles. The van der Waals surface area contributed by atoms with Crippen molar-refractivity contribution < 1.29 is 9.47 Å². The second-order valence-electron chi connectivity index (χ2n) is 6.79. The minimum absolute atomic E-state index is 0.0646. The number of hydrogen-bond acceptors (Lipinski definition) is 5. The second kappa shape index (κ2) is 6.84. The fourth-order valence-electron chi connectivity index (χ4n) is 3.80. The van der Waals surface area contributed by atoms with E-state index >= 15 is 0 Å². The number of pyridine rings is 1. The number of hydrazone groups is 1. The van der Waals surface area contributed by atoms with Crippen molar-refractivity contribution in [2.75, 3.05) is 7.11 Å². The Bertz CT molecular complexity index is 1040. The number of fused-ring (bicyclic) bond motifs is 3. The summed E-state index contributed by atoms with van der Waals surface area (Å²) in [5.41, 5.74) is 4.10. The molecule has 0 spiro atoms. The van der Waals surface area contributed by atoms with E-state index in [1.54, 1.807) is 13.3 Å². The molecular formula is C22H18ClN3O2. The molecule has 2 unspecified atom stereocenters. The SMILES string of the molecule is COc1cccc2c1OC(c1cccnc1)N1N=C(c3ccc(Cl)cc3)CC21. The summed E-state index contributed by atoms with van der Waals surface area (Å²) in [5.74, 6) is 1.50. The monoisotopic (exact) mass is 391 g/mol. The van der Waals surface area contributed by atoms with Gasteiger partial charge in [-0.15, -0.1) is 0 Å². The van der Waals surface area contributed by atoms with Gasteiger partial charge in [-0.2, -0.15) is 5.10 Å². The molecule has 6 heteroatoms. The third kappa shape index (κ3) is 2.79. The largest absolute Gasteiger partial charge is 0.493 e. The van der Waals surface area contributed by atoms with Gasteiger partial charge >= 0.3 is 0 Å². The zero-order valence-corrected chi connectivity index (χ0v) is 16.0. The molecule has 2 aliphatic rings. The number of hydrogen-bond donors (Lipinski definition) is 0. The Kier molecular flexibility index (Phi) is 4.17. The fourth-order valence-corrected chi connectivity index (χ4v) is 3.93. The number of nitrogens with zero attached hydrogens (tertiary/aromatic N) is 3. The van der Waals surface area contributed by atoms with Crippen molar-refractivity contribution in [1.29, 1.82) is 0 Å². The van der Waals surface area contributed by atoms with Crippen LogP contribution in [0, 0.1) is 0 Å². The average Bonchev–Trinajstić information content (AvgIpc) is 3.19. The van der Waals surface area contributed by atoms with E-state index in [0.717, 1.165) is 40.3 Å². The van der Waals surface area contributed by atoms with Crippen LogP contribution in [-0.2, 0) is 0 Å². The average molecular weight is 392 g/mol. The van der Waals surface area contributed by atoms with Gasteiger partial charge in [0.15, 0.2) is 11.5 Å². The maximum atomic E-state index is 6.39. The van der Waals surface area contributed by atoms with Crippen LogP contribution in [0.1, 0.15) is 35.4 Å². The molecule has 0 saturated heterocycles. The van der Waals surface area contributed by atoms with Crippen LogP contribution in [0.2, 0.25) is 5.02 Å². The Labute approximate surface area is 168 Å². The van der Waals surface area contributed by atoms with Crippen molar-refractivity contribution in [3.8, 4) is 11.5 Å². The van der Waals surface area contributed by atoms with Gasteiger partial charge in [-0.3, -0.25) is 4.98 Å². The summed E-state index contributed by atoms with van der Waals surface area (Å²) in [7, 11) is 1.66. The molecule has 0 radical (unpaired) electrons. The minimum atomic E-state index is -0.368. The van der Waals surface area contributed by atoms with Crippen molar-refractivity contribution in [3.05, 3.63) is 88.7 Å². The smallest absolute Gasteiger partial charge is 0.215 e. The molecule has 0 aliphatic carbocycles. The molecule has 2 aliphatic heterocycles. The Balaban J connectivity index is 1.61. The van der Waals surface area contributed by atoms with Gasteiger partial charge in [-0.1, -0.05) is 41.9 Å². The standard InChI is InChI=1S/C22H18ClN3O2/c1-27-20-6-2-5-17-19-12-18(14-7-9-16(23)10-8-14)25-26(19)22(28-21(17)20)15-4-3-11-24-13-15/h2-11,13,19,22H,12H2,1H3. The number of para-hydroxylation sites is 1. The molecule has 0 fully saturated rings. The van der Waals surface area contributed by atoms with Gasteiger partial charge in [0, 0.05) is 35.0 Å². The van der Waals surface area contributed by atoms with Gasteiger partial charge in [0.05, 0.1) is 18.9 Å². The highest BCUT2D eigenvalue weighted by molar-refractivity contribution is 6.30. The molecule has 28 heavy (non-hydrogen) atoms.